The number of hydrogen-bond donors (Lipinski definition) is 2. The molecule has 0 unspecified atom stereocenters. The van der Waals surface area contributed by atoms with E-state index in [9.17, 15) is 9.59 Å². The monoisotopic (exact) mass is 409 g/mol. The lowest BCUT2D eigenvalue weighted by Gasteiger charge is -2.38. The number of carbonyl (C=O) groups is 2. The highest BCUT2D eigenvalue weighted by molar-refractivity contribution is 5.89. The first kappa shape index (κ1) is 21.7. The zero-order chi connectivity index (χ0) is 21.3. The van der Waals surface area contributed by atoms with Crippen molar-refractivity contribution in [3.63, 3.8) is 0 Å². The minimum absolute atomic E-state index is 0.0802. The highest BCUT2D eigenvalue weighted by atomic mass is 16.5. The summed E-state index contributed by atoms with van der Waals surface area (Å²) in [5.41, 5.74) is 1.82. The van der Waals surface area contributed by atoms with E-state index in [4.69, 9.17) is 4.74 Å². The highest BCUT2D eigenvalue weighted by Gasteiger charge is 2.31. The first-order chi connectivity index (χ1) is 14.6. The van der Waals surface area contributed by atoms with Crippen molar-refractivity contribution in [1.82, 2.24) is 10.2 Å². The molecule has 3 rings (SSSR count). The van der Waals surface area contributed by atoms with Gasteiger partial charge in [0.25, 0.3) is 0 Å². The second kappa shape index (κ2) is 10.7. The van der Waals surface area contributed by atoms with Crippen LogP contribution in [0.1, 0.15) is 31.7 Å². The molecular formula is C24H31N3O3. The van der Waals surface area contributed by atoms with Gasteiger partial charge in [0.15, 0.2) is 0 Å². The molecule has 2 N–H and O–H groups in total. The Morgan fingerprint density at radius 3 is 2.63 bits per heavy atom. The summed E-state index contributed by atoms with van der Waals surface area (Å²) in [5, 5.41) is 5.98. The molecule has 2 atom stereocenters. The standard InChI is InChI=1S/C24H31N3O3/c1-3-19-17-27(24(29)26-21-10-7-11-22(15-21)30-2)13-12-20(19)14-23(28)25-16-18-8-5-4-6-9-18/h4-11,15,19-20H,3,12-14,16-17H2,1-2H3,(H,25,28)(H,26,29)/t19-,20+/m1/s1. The van der Waals surface area contributed by atoms with Gasteiger partial charge in [0, 0.05) is 37.8 Å². The molecule has 160 valence electrons. The van der Waals surface area contributed by atoms with E-state index >= 15 is 0 Å². The number of benzene rings is 2. The van der Waals surface area contributed by atoms with Gasteiger partial charge in [0.05, 0.1) is 7.11 Å². The number of amides is 3. The summed E-state index contributed by atoms with van der Waals surface area (Å²) in [6, 6.07) is 17.2. The molecule has 0 radical (unpaired) electrons. The molecule has 1 aliphatic heterocycles. The van der Waals surface area contributed by atoms with Crippen LogP contribution in [0.2, 0.25) is 0 Å². The molecule has 1 heterocycles. The normalized spacial score (nSPS) is 18.5. The summed E-state index contributed by atoms with van der Waals surface area (Å²) in [6.45, 7) is 4.01. The van der Waals surface area contributed by atoms with Crippen LogP contribution in [0.15, 0.2) is 54.6 Å². The van der Waals surface area contributed by atoms with E-state index in [0.717, 1.165) is 24.1 Å². The van der Waals surface area contributed by atoms with Gasteiger partial charge < -0.3 is 20.3 Å². The zero-order valence-corrected chi connectivity index (χ0v) is 17.8. The molecule has 2 aromatic carbocycles. The van der Waals surface area contributed by atoms with Gasteiger partial charge in [-0.3, -0.25) is 4.79 Å². The van der Waals surface area contributed by atoms with Crippen LogP contribution < -0.4 is 15.4 Å². The number of hydrogen-bond acceptors (Lipinski definition) is 3. The molecule has 30 heavy (non-hydrogen) atoms. The molecular weight excluding hydrogens is 378 g/mol. The lowest BCUT2D eigenvalue weighted by Crippen LogP contribution is -2.46. The van der Waals surface area contributed by atoms with Crippen molar-refractivity contribution in [2.75, 3.05) is 25.5 Å². The van der Waals surface area contributed by atoms with Gasteiger partial charge >= 0.3 is 6.03 Å². The predicted molar refractivity (Wildman–Crippen MR) is 118 cm³/mol. The van der Waals surface area contributed by atoms with Gasteiger partial charge in [-0.15, -0.1) is 0 Å². The van der Waals surface area contributed by atoms with Gasteiger partial charge in [-0.2, -0.15) is 0 Å². The van der Waals surface area contributed by atoms with Crippen molar-refractivity contribution < 1.29 is 14.3 Å². The molecule has 0 spiro atoms. The molecule has 6 nitrogen and oxygen atoms in total. The Morgan fingerprint density at radius 1 is 1.10 bits per heavy atom. The largest absolute Gasteiger partial charge is 0.497 e. The van der Waals surface area contributed by atoms with E-state index in [0.29, 0.717) is 43.6 Å². The molecule has 1 fully saturated rings. The van der Waals surface area contributed by atoms with Crippen LogP contribution in [-0.4, -0.2) is 37.0 Å². The number of likely N-dealkylation sites (tertiary alicyclic amines) is 1. The lowest BCUT2D eigenvalue weighted by atomic mass is 9.81. The summed E-state index contributed by atoms with van der Waals surface area (Å²) < 4.78 is 5.21. The first-order valence-corrected chi connectivity index (χ1v) is 10.6. The summed E-state index contributed by atoms with van der Waals surface area (Å²) in [5.74, 6) is 1.40. The maximum atomic E-state index is 12.7. The van der Waals surface area contributed by atoms with Crippen molar-refractivity contribution in [3.8, 4) is 5.75 Å². The van der Waals surface area contributed by atoms with Crippen molar-refractivity contribution in [3.05, 3.63) is 60.2 Å². The smallest absolute Gasteiger partial charge is 0.321 e. The molecule has 1 saturated heterocycles. The van der Waals surface area contributed by atoms with Gasteiger partial charge in [-0.1, -0.05) is 49.7 Å². The quantitative estimate of drug-likeness (QED) is 0.717. The van der Waals surface area contributed by atoms with Gasteiger partial charge in [0.1, 0.15) is 5.75 Å². The second-order valence-corrected chi connectivity index (χ2v) is 7.79. The highest BCUT2D eigenvalue weighted by Crippen LogP contribution is 2.29. The maximum absolute atomic E-state index is 12.7. The third kappa shape index (κ3) is 5.99. The number of piperidine rings is 1. The number of anilines is 1. The van der Waals surface area contributed by atoms with E-state index in [1.807, 2.05) is 53.4 Å². The number of nitrogens with one attached hydrogen (secondary N) is 2. The summed E-state index contributed by atoms with van der Waals surface area (Å²) in [7, 11) is 1.60. The average Bonchev–Trinajstić information content (AvgIpc) is 2.78. The van der Waals surface area contributed by atoms with Gasteiger partial charge in [-0.25, -0.2) is 4.79 Å². The molecule has 0 aliphatic carbocycles. The fourth-order valence-corrected chi connectivity index (χ4v) is 4.01. The lowest BCUT2D eigenvalue weighted by molar-refractivity contribution is -0.123. The number of nitrogens with zero attached hydrogens (tertiary/aromatic N) is 1. The Bertz CT molecular complexity index is 841. The Balaban J connectivity index is 1.50. The Hall–Kier alpha value is -3.02. The van der Waals surface area contributed by atoms with Gasteiger partial charge in [-0.05, 0) is 36.0 Å². The average molecular weight is 410 g/mol. The number of methoxy groups -OCH3 is 1. The summed E-state index contributed by atoms with van der Waals surface area (Å²) in [6.07, 6.45) is 2.29. The number of rotatable bonds is 7. The minimum Gasteiger partial charge on any atom is -0.497 e. The number of ether oxygens (including phenoxy) is 1. The van der Waals surface area contributed by atoms with Crippen LogP contribution in [0.3, 0.4) is 0 Å². The van der Waals surface area contributed by atoms with Crippen LogP contribution in [0.5, 0.6) is 5.75 Å². The molecule has 6 heteroatoms. The fraction of sp³-hybridized carbons (Fsp3) is 0.417. The molecule has 1 aliphatic rings. The van der Waals surface area contributed by atoms with Crippen LogP contribution in [0.4, 0.5) is 10.5 Å². The molecule has 0 aromatic heterocycles. The minimum atomic E-state index is -0.103. The molecule has 0 saturated carbocycles. The first-order valence-electron chi connectivity index (χ1n) is 10.6. The summed E-state index contributed by atoms with van der Waals surface area (Å²) in [4.78, 5) is 27.0. The Kier molecular flexibility index (Phi) is 7.71. The van der Waals surface area contributed by atoms with E-state index in [-0.39, 0.29) is 11.9 Å². The SMILES string of the molecule is CC[C@@H]1CN(C(=O)Nc2cccc(OC)c2)CC[C@H]1CC(=O)NCc1ccccc1. The molecule has 0 bridgehead atoms. The van der Waals surface area contributed by atoms with Crippen molar-refractivity contribution in [1.29, 1.82) is 0 Å². The van der Waals surface area contributed by atoms with Crippen molar-refractivity contribution in [2.24, 2.45) is 11.8 Å². The predicted octanol–water partition coefficient (Wildman–Crippen LogP) is 4.28. The number of urea groups is 1. The van der Waals surface area contributed by atoms with E-state index < -0.39 is 0 Å². The summed E-state index contributed by atoms with van der Waals surface area (Å²) >= 11 is 0. The van der Waals surface area contributed by atoms with Crippen LogP contribution in [-0.2, 0) is 11.3 Å². The van der Waals surface area contributed by atoms with E-state index in [2.05, 4.69) is 17.6 Å². The van der Waals surface area contributed by atoms with Crippen LogP contribution in [0, 0.1) is 11.8 Å². The third-order valence-corrected chi connectivity index (χ3v) is 5.80. The molecule has 3 amide bonds. The Labute approximate surface area is 178 Å². The van der Waals surface area contributed by atoms with Gasteiger partial charge in [0.2, 0.25) is 5.91 Å². The maximum Gasteiger partial charge on any atom is 0.321 e. The van der Waals surface area contributed by atoms with E-state index in [1.54, 1.807) is 13.2 Å². The third-order valence-electron chi connectivity index (χ3n) is 5.80. The van der Waals surface area contributed by atoms with Crippen LogP contribution >= 0.6 is 0 Å². The van der Waals surface area contributed by atoms with E-state index in [1.165, 1.54) is 0 Å². The van der Waals surface area contributed by atoms with Crippen molar-refractivity contribution in [2.45, 2.75) is 32.7 Å². The van der Waals surface area contributed by atoms with Crippen molar-refractivity contribution >= 4 is 17.6 Å². The number of carbonyl (C=O) groups excluding carboxylic acids is 2. The Morgan fingerprint density at radius 2 is 1.90 bits per heavy atom. The second-order valence-electron chi connectivity index (χ2n) is 7.79. The zero-order valence-electron chi connectivity index (χ0n) is 17.8. The topological polar surface area (TPSA) is 70.7 Å². The fourth-order valence-electron chi connectivity index (χ4n) is 4.01. The molecule has 2 aromatic rings. The van der Waals surface area contributed by atoms with Crippen LogP contribution in [0.25, 0.3) is 0 Å².